The summed E-state index contributed by atoms with van der Waals surface area (Å²) in [6.45, 7) is 7.84. The SMILES string of the molecule is CC(C)N1CCC(CNc2nc3ccc(Br)cn3n2)C1. The van der Waals surface area contributed by atoms with Crippen LogP contribution >= 0.6 is 15.9 Å². The van der Waals surface area contributed by atoms with E-state index >= 15 is 0 Å². The molecule has 1 fully saturated rings. The van der Waals surface area contributed by atoms with Crippen LogP contribution in [0.4, 0.5) is 5.95 Å². The molecule has 3 rings (SSSR count). The zero-order valence-electron chi connectivity index (χ0n) is 11.9. The van der Waals surface area contributed by atoms with Gasteiger partial charge in [0.05, 0.1) is 0 Å². The molecule has 0 radical (unpaired) electrons. The minimum Gasteiger partial charge on any atom is -0.353 e. The molecule has 0 saturated carbocycles. The number of halogens is 1. The zero-order chi connectivity index (χ0) is 14.1. The maximum absolute atomic E-state index is 4.48. The van der Waals surface area contributed by atoms with Crippen molar-refractivity contribution < 1.29 is 0 Å². The Bertz CT molecular complexity index is 594. The van der Waals surface area contributed by atoms with Crippen LogP contribution in [0.15, 0.2) is 22.8 Å². The van der Waals surface area contributed by atoms with Crippen molar-refractivity contribution in [2.45, 2.75) is 26.3 Å². The molecule has 1 unspecified atom stereocenters. The predicted octanol–water partition coefficient (Wildman–Crippen LogP) is 2.63. The van der Waals surface area contributed by atoms with E-state index in [4.69, 9.17) is 0 Å². The number of rotatable bonds is 4. The predicted molar refractivity (Wildman–Crippen MR) is 84.0 cm³/mol. The van der Waals surface area contributed by atoms with Crippen molar-refractivity contribution >= 4 is 27.5 Å². The van der Waals surface area contributed by atoms with Crippen LogP contribution in [-0.2, 0) is 0 Å². The lowest BCUT2D eigenvalue weighted by molar-refractivity contribution is 0.266. The Hall–Kier alpha value is -1.14. The Morgan fingerprint density at radius 2 is 2.30 bits per heavy atom. The Morgan fingerprint density at radius 1 is 1.45 bits per heavy atom. The molecule has 3 heterocycles. The number of hydrogen-bond acceptors (Lipinski definition) is 4. The third kappa shape index (κ3) is 2.96. The quantitative estimate of drug-likeness (QED) is 0.931. The van der Waals surface area contributed by atoms with Crippen molar-refractivity contribution in [3.8, 4) is 0 Å². The molecule has 1 aliphatic rings. The van der Waals surface area contributed by atoms with Gasteiger partial charge in [0, 0.05) is 29.8 Å². The van der Waals surface area contributed by atoms with Crippen LogP contribution < -0.4 is 5.32 Å². The fourth-order valence-electron chi connectivity index (χ4n) is 2.67. The van der Waals surface area contributed by atoms with Gasteiger partial charge in [-0.2, -0.15) is 4.98 Å². The van der Waals surface area contributed by atoms with E-state index in [1.54, 1.807) is 4.52 Å². The van der Waals surface area contributed by atoms with Gasteiger partial charge in [0.15, 0.2) is 5.65 Å². The van der Waals surface area contributed by atoms with Crippen molar-refractivity contribution in [1.82, 2.24) is 19.5 Å². The van der Waals surface area contributed by atoms with Crippen molar-refractivity contribution in [3.05, 3.63) is 22.8 Å². The normalized spacial score (nSPS) is 20.1. The summed E-state index contributed by atoms with van der Waals surface area (Å²) in [7, 11) is 0. The topological polar surface area (TPSA) is 45.5 Å². The molecule has 1 aliphatic heterocycles. The van der Waals surface area contributed by atoms with Crippen LogP contribution in [0.1, 0.15) is 20.3 Å². The van der Waals surface area contributed by atoms with Gasteiger partial charge in [-0.15, -0.1) is 5.10 Å². The Kier molecular flexibility index (Phi) is 3.94. The molecule has 1 N–H and O–H groups in total. The second kappa shape index (κ2) is 5.69. The monoisotopic (exact) mass is 337 g/mol. The van der Waals surface area contributed by atoms with E-state index in [1.165, 1.54) is 19.5 Å². The maximum atomic E-state index is 4.48. The third-order valence-corrected chi connectivity index (χ3v) is 4.36. The molecule has 2 aromatic rings. The summed E-state index contributed by atoms with van der Waals surface area (Å²) < 4.78 is 2.80. The largest absolute Gasteiger partial charge is 0.353 e. The summed E-state index contributed by atoms with van der Waals surface area (Å²) in [5.41, 5.74) is 0.867. The number of anilines is 1. The second-order valence-corrected chi connectivity index (χ2v) is 6.63. The molecule has 5 nitrogen and oxygen atoms in total. The van der Waals surface area contributed by atoms with Crippen LogP contribution in [0.2, 0.25) is 0 Å². The van der Waals surface area contributed by atoms with Crippen molar-refractivity contribution in [2.24, 2.45) is 5.92 Å². The highest BCUT2D eigenvalue weighted by Crippen LogP contribution is 2.19. The minimum absolute atomic E-state index is 0.644. The van der Waals surface area contributed by atoms with Gasteiger partial charge in [-0.3, -0.25) is 0 Å². The molecular formula is C14H20BrN5. The van der Waals surface area contributed by atoms with Crippen LogP contribution in [0.25, 0.3) is 5.65 Å². The number of likely N-dealkylation sites (tertiary alicyclic amines) is 1. The average Bonchev–Trinajstić information content (AvgIpc) is 3.01. The van der Waals surface area contributed by atoms with E-state index in [1.807, 2.05) is 18.3 Å². The summed E-state index contributed by atoms with van der Waals surface area (Å²) in [6, 6.07) is 4.58. The van der Waals surface area contributed by atoms with Gasteiger partial charge in [0.2, 0.25) is 5.95 Å². The maximum Gasteiger partial charge on any atom is 0.243 e. The van der Waals surface area contributed by atoms with Gasteiger partial charge < -0.3 is 10.2 Å². The highest BCUT2D eigenvalue weighted by Gasteiger charge is 2.24. The number of pyridine rings is 1. The first-order valence-electron chi connectivity index (χ1n) is 7.11. The molecule has 0 amide bonds. The van der Waals surface area contributed by atoms with Gasteiger partial charge in [-0.25, -0.2) is 4.52 Å². The summed E-state index contributed by atoms with van der Waals surface area (Å²) in [6.07, 6.45) is 3.17. The highest BCUT2D eigenvalue weighted by atomic mass is 79.9. The first-order valence-corrected chi connectivity index (χ1v) is 7.91. The second-order valence-electron chi connectivity index (χ2n) is 5.71. The first-order chi connectivity index (χ1) is 9.61. The fourth-order valence-corrected chi connectivity index (χ4v) is 2.99. The van der Waals surface area contributed by atoms with E-state index in [2.05, 4.69) is 50.1 Å². The van der Waals surface area contributed by atoms with E-state index < -0.39 is 0 Å². The van der Waals surface area contributed by atoms with Gasteiger partial charge >= 0.3 is 0 Å². The lowest BCUT2D eigenvalue weighted by atomic mass is 10.1. The molecule has 0 aliphatic carbocycles. The highest BCUT2D eigenvalue weighted by molar-refractivity contribution is 9.10. The smallest absolute Gasteiger partial charge is 0.243 e. The molecule has 2 aromatic heterocycles. The third-order valence-electron chi connectivity index (χ3n) is 3.89. The van der Waals surface area contributed by atoms with E-state index in [9.17, 15) is 0 Å². The number of nitrogens with one attached hydrogen (secondary N) is 1. The number of aromatic nitrogens is 3. The molecule has 1 saturated heterocycles. The van der Waals surface area contributed by atoms with Crippen LogP contribution in [0, 0.1) is 5.92 Å². The molecule has 1 atom stereocenters. The molecule has 20 heavy (non-hydrogen) atoms. The van der Waals surface area contributed by atoms with E-state index in [0.717, 1.165) is 16.7 Å². The Balaban J connectivity index is 1.60. The van der Waals surface area contributed by atoms with E-state index in [-0.39, 0.29) is 0 Å². The minimum atomic E-state index is 0.644. The Labute approximate surface area is 127 Å². The van der Waals surface area contributed by atoms with Gasteiger partial charge in [-0.1, -0.05) is 0 Å². The van der Waals surface area contributed by atoms with Crippen molar-refractivity contribution in [2.75, 3.05) is 25.0 Å². The lowest BCUT2D eigenvalue weighted by Crippen LogP contribution is -2.29. The van der Waals surface area contributed by atoms with Gasteiger partial charge in [0.1, 0.15) is 0 Å². The molecule has 0 aromatic carbocycles. The lowest BCUT2D eigenvalue weighted by Gasteiger charge is -2.20. The van der Waals surface area contributed by atoms with Gasteiger partial charge in [0.25, 0.3) is 0 Å². The zero-order valence-corrected chi connectivity index (χ0v) is 13.5. The Morgan fingerprint density at radius 3 is 3.05 bits per heavy atom. The van der Waals surface area contributed by atoms with Crippen molar-refractivity contribution in [3.63, 3.8) is 0 Å². The summed E-state index contributed by atoms with van der Waals surface area (Å²) in [5, 5.41) is 7.81. The molecule has 0 spiro atoms. The summed E-state index contributed by atoms with van der Waals surface area (Å²) in [4.78, 5) is 7.00. The fraction of sp³-hybridized carbons (Fsp3) is 0.571. The van der Waals surface area contributed by atoms with Crippen LogP contribution in [0.5, 0.6) is 0 Å². The molecule has 6 heteroatoms. The van der Waals surface area contributed by atoms with Gasteiger partial charge in [-0.05, 0) is 60.8 Å². The average molecular weight is 338 g/mol. The molecule has 108 valence electrons. The van der Waals surface area contributed by atoms with Crippen LogP contribution in [-0.4, -0.2) is 45.2 Å². The molecule has 0 bridgehead atoms. The van der Waals surface area contributed by atoms with Crippen molar-refractivity contribution in [1.29, 1.82) is 0 Å². The van der Waals surface area contributed by atoms with E-state index in [0.29, 0.717) is 17.9 Å². The summed E-state index contributed by atoms with van der Waals surface area (Å²) >= 11 is 3.44. The number of fused-ring (bicyclic) bond motifs is 1. The number of nitrogens with zero attached hydrogens (tertiary/aromatic N) is 4. The van der Waals surface area contributed by atoms with Crippen LogP contribution in [0.3, 0.4) is 0 Å². The molecular weight excluding hydrogens is 318 g/mol. The first kappa shape index (κ1) is 13.8. The number of hydrogen-bond donors (Lipinski definition) is 1. The summed E-state index contributed by atoms with van der Waals surface area (Å²) in [5.74, 6) is 1.40. The standard InChI is InChI=1S/C14H20BrN5/c1-10(2)19-6-5-11(8-19)7-16-14-17-13-4-3-12(15)9-20(13)18-14/h3-4,9-11H,5-8H2,1-2H3,(H,16,18).